The Morgan fingerprint density at radius 3 is 2.24 bits per heavy atom. The van der Waals surface area contributed by atoms with Gasteiger partial charge in [-0.2, -0.15) is 0 Å². The Balaban J connectivity index is 2.15. The highest BCUT2D eigenvalue weighted by Crippen LogP contribution is 2.18. The first-order valence-electron chi connectivity index (χ1n) is 11.5. The number of hydrogen-bond donors (Lipinski definition) is 0. The van der Waals surface area contributed by atoms with Crippen molar-refractivity contribution in [1.29, 1.82) is 0 Å². The third-order valence-electron chi connectivity index (χ3n) is 5.42. The van der Waals surface area contributed by atoms with Crippen LogP contribution in [-0.4, -0.2) is 73.2 Å². The van der Waals surface area contributed by atoms with Crippen LogP contribution in [0.25, 0.3) is 0 Å². The molecule has 1 heterocycles. The lowest BCUT2D eigenvalue weighted by Gasteiger charge is -2.31. The van der Waals surface area contributed by atoms with Crippen molar-refractivity contribution in [2.24, 2.45) is 5.41 Å². The van der Waals surface area contributed by atoms with Crippen LogP contribution in [0.4, 0.5) is 0 Å². The minimum absolute atomic E-state index is 0.0360. The largest absolute Gasteiger partial charge is 0.385 e. The fourth-order valence-electron chi connectivity index (χ4n) is 3.61. The van der Waals surface area contributed by atoms with Crippen LogP contribution in [0.1, 0.15) is 38.4 Å². The summed E-state index contributed by atoms with van der Waals surface area (Å²) in [6.07, 6.45) is 2.71. The smallest absolute Gasteiger partial charge is 0.242 e. The molecule has 0 aliphatic carbocycles. The maximum Gasteiger partial charge on any atom is 0.242 e. The first-order valence-corrected chi connectivity index (χ1v) is 11.5. The Kier molecular flexibility index (Phi) is 10.6. The van der Waals surface area contributed by atoms with Crippen molar-refractivity contribution in [3.05, 3.63) is 59.9 Å². The van der Waals surface area contributed by atoms with E-state index in [1.54, 1.807) is 24.0 Å². The van der Waals surface area contributed by atoms with Crippen molar-refractivity contribution < 1.29 is 19.1 Å². The molecule has 182 valence electrons. The number of rotatable bonds is 13. The number of amides is 2. The van der Waals surface area contributed by atoms with Gasteiger partial charge in [0.05, 0.1) is 19.7 Å². The zero-order valence-electron chi connectivity index (χ0n) is 20.8. The van der Waals surface area contributed by atoms with Gasteiger partial charge in [0, 0.05) is 57.8 Å². The van der Waals surface area contributed by atoms with Crippen LogP contribution < -0.4 is 0 Å². The molecule has 0 unspecified atom stereocenters. The van der Waals surface area contributed by atoms with Crippen molar-refractivity contribution in [3.63, 3.8) is 0 Å². The van der Waals surface area contributed by atoms with E-state index < -0.39 is 5.41 Å². The van der Waals surface area contributed by atoms with E-state index in [1.807, 2.05) is 57.3 Å². The summed E-state index contributed by atoms with van der Waals surface area (Å²) >= 11 is 0. The first-order chi connectivity index (χ1) is 15.8. The molecule has 2 rings (SSSR count). The minimum Gasteiger partial charge on any atom is -0.385 e. The predicted octanol–water partition coefficient (Wildman–Crippen LogP) is 3.42. The molecule has 0 N–H and O–H groups in total. The molecular formula is C26H39N3O4. The summed E-state index contributed by atoms with van der Waals surface area (Å²) in [5.41, 5.74) is 1.68. The molecule has 0 bridgehead atoms. The maximum atomic E-state index is 13.4. The standard InChI is InChI=1S/C26H39N3O4/c1-26(2,3)25(31)29(15-10-17-32-4)21-24(30)28(16-18-33-5)20-23-13-9-14-27(23)19-22-11-7-6-8-12-22/h6-9,11-14H,10,15-21H2,1-5H3. The van der Waals surface area contributed by atoms with Crippen molar-refractivity contribution in [3.8, 4) is 0 Å². The van der Waals surface area contributed by atoms with Crippen molar-refractivity contribution in [1.82, 2.24) is 14.4 Å². The molecule has 0 atom stereocenters. The number of nitrogens with zero attached hydrogens (tertiary/aromatic N) is 3. The quantitative estimate of drug-likeness (QED) is 0.433. The molecule has 7 nitrogen and oxygen atoms in total. The van der Waals surface area contributed by atoms with Gasteiger partial charge in [0.1, 0.15) is 0 Å². The number of carbonyl (C=O) groups excluding carboxylic acids is 2. The second-order valence-corrected chi connectivity index (χ2v) is 9.24. The van der Waals surface area contributed by atoms with Crippen molar-refractivity contribution in [2.75, 3.05) is 47.1 Å². The van der Waals surface area contributed by atoms with Crippen LogP contribution in [0.15, 0.2) is 48.7 Å². The molecule has 2 aromatic rings. The summed E-state index contributed by atoms with van der Waals surface area (Å²) in [4.78, 5) is 29.8. The Morgan fingerprint density at radius 1 is 0.909 bits per heavy atom. The summed E-state index contributed by atoms with van der Waals surface area (Å²) in [6, 6.07) is 14.3. The van der Waals surface area contributed by atoms with Crippen molar-refractivity contribution >= 4 is 11.8 Å². The molecule has 1 aromatic heterocycles. The van der Waals surface area contributed by atoms with E-state index in [0.29, 0.717) is 39.3 Å². The zero-order valence-corrected chi connectivity index (χ0v) is 20.8. The van der Waals surface area contributed by atoms with E-state index in [9.17, 15) is 9.59 Å². The number of aromatic nitrogens is 1. The maximum absolute atomic E-state index is 13.4. The predicted molar refractivity (Wildman–Crippen MR) is 130 cm³/mol. The number of ether oxygens (including phenoxy) is 2. The van der Waals surface area contributed by atoms with Gasteiger partial charge in [-0.15, -0.1) is 0 Å². The lowest BCUT2D eigenvalue weighted by molar-refractivity contribution is -0.146. The number of carbonyl (C=O) groups is 2. The van der Waals surface area contributed by atoms with Gasteiger partial charge in [0.25, 0.3) is 0 Å². The molecule has 0 saturated carbocycles. The van der Waals surface area contributed by atoms with Gasteiger partial charge < -0.3 is 23.8 Å². The van der Waals surface area contributed by atoms with Crippen LogP contribution in [-0.2, 0) is 32.2 Å². The van der Waals surface area contributed by atoms with Gasteiger partial charge >= 0.3 is 0 Å². The van der Waals surface area contributed by atoms with E-state index in [1.165, 1.54) is 5.56 Å². The van der Waals surface area contributed by atoms with Crippen LogP contribution in [0.2, 0.25) is 0 Å². The SMILES string of the molecule is COCCCN(CC(=O)N(CCOC)Cc1cccn1Cc1ccccc1)C(=O)C(C)(C)C. The fourth-order valence-corrected chi connectivity index (χ4v) is 3.61. The second kappa shape index (κ2) is 13.2. The molecule has 0 spiro atoms. The van der Waals surface area contributed by atoms with Gasteiger partial charge in [-0.1, -0.05) is 51.1 Å². The van der Waals surface area contributed by atoms with Crippen LogP contribution in [0.5, 0.6) is 0 Å². The molecule has 1 aromatic carbocycles. The van der Waals surface area contributed by atoms with E-state index in [0.717, 1.165) is 12.2 Å². The summed E-state index contributed by atoms with van der Waals surface area (Å²) < 4.78 is 12.6. The van der Waals surface area contributed by atoms with E-state index in [2.05, 4.69) is 16.7 Å². The highest BCUT2D eigenvalue weighted by molar-refractivity contribution is 5.87. The summed E-state index contributed by atoms with van der Waals surface area (Å²) in [7, 11) is 3.26. The summed E-state index contributed by atoms with van der Waals surface area (Å²) in [6.45, 7) is 8.79. The lowest BCUT2D eigenvalue weighted by atomic mass is 9.94. The van der Waals surface area contributed by atoms with Gasteiger partial charge in [-0.25, -0.2) is 0 Å². The van der Waals surface area contributed by atoms with Crippen LogP contribution in [0, 0.1) is 5.41 Å². The third kappa shape index (κ3) is 8.67. The van der Waals surface area contributed by atoms with E-state index in [4.69, 9.17) is 9.47 Å². The molecule has 33 heavy (non-hydrogen) atoms. The Labute approximate surface area is 198 Å². The van der Waals surface area contributed by atoms with Crippen LogP contribution in [0.3, 0.4) is 0 Å². The van der Waals surface area contributed by atoms with Crippen molar-refractivity contribution in [2.45, 2.75) is 40.3 Å². The van der Waals surface area contributed by atoms with Gasteiger partial charge in [0.15, 0.2) is 0 Å². The van der Waals surface area contributed by atoms with E-state index >= 15 is 0 Å². The Bertz CT molecular complexity index is 858. The highest BCUT2D eigenvalue weighted by atomic mass is 16.5. The number of hydrogen-bond acceptors (Lipinski definition) is 4. The molecule has 0 radical (unpaired) electrons. The molecular weight excluding hydrogens is 418 g/mol. The number of methoxy groups -OCH3 is 2. The third-order valence-corrected chi connectivity index (χ3v) is 5.42. The lowest BCUT2D eigenvalue weighted by Crippen LogP contribution is -2.47. The summed E-state index contributed by atoms with van der Waals surface area (Å²) in [5, 5.41) is 0. The second-order valence-electron chi connectivity index (χ2n) is 9.24. The molecule has 7 heteroatoms. The molecule has 0 fully saturated rings. The van der Waals surface area contributed by atoms with E-state index in [-0.39, 0.29) is 18.4 Å². The topological polar surface area (TPSA) is 64.0 Å². The molecule has 0 aliphatic rings. The highest BCUT2D eigenvalue weighted by Gasteiger charge is 2.29. The normalized spacial score (nSPS) is 11.4. The monoisotopic (exact) mass is 457 g/mol. The molecule has 2 amide bonds. The number of benzene rings is 1. The molecule has 0 aliphatic heterocycles. The Morgan fingerprint density at radius 2 is 1.61 bits per heavy atom. The fraction of sp³-hybridized carbons (Fsp3) is 0.538. The minimum atomic E-state index is -0.560. The Hall–Kier alpha value is -2.64. The van der Waals surface area contributed by atoms with Crippen LogP contribution >= 0.6 is 0 Å². The summed E-state index contributed by atoms with van der Waals surface area (Å²) in [5.74, 6) is -0.124. The average molecular weight is 458 g/mol. The molecule has 0 saturated heterocycles. The first kappa shape index (κ1) is 26.6. The van der Waals surface area contributed by atoms with Gasteiger partial charge in [-0.05, 0) is 24.1 Å². The van der Waals surface area contributed by atoms with Gasteiger partial charge in [-0.3, -0.25) is 9.59 Å². The van der Waals surface area contributed by atoms with Gasteiger partial charge in [0.2, 0.25) is 11.8 Å². The average Bonchev–Trinajstić information content (AvgIpc) is 3.21. The zero-order chi connectivity index (χ0) is 24.3.